The fourth-order valence-corrected chi connectivity index (χ4v) is 1.79. The molecule has 0 amide bonds. The third kappa shape index (κ3) is 2.65. The number of halogens is 7. The van der Waals surface area contributed by atoms with Crippen LogP contribution in [0.15, 0.2) is 29.2 Å². The smallest absolute Gasteiger partial charge is 0.398 e. The van der Waals surface area contributed by atoms with Crippen molar-refractivity contribution >= 4 is 17.4 Å². The van der Waals surface area contributed by atoms with E-state index in [-0.39, 0.29) is 5.69 Å². The summed E-state index contributed by atoms with van der Waals surface area (Å²) in [6, 6.07) is 4.57. The third-order valence-electron chi connectivity index (χ3n) is 1.88. The second-order valence-corrected chi connectivity index (χ2v) is 4.39. The second kappa shape index (κ2) is 4.52. The van der Waals surface area contributed by atoms with E-state index in [1.54, 1.807) is 0 Å². The largest absolute Gasteiger partial charge is 0.460 e. The molecule has 102 valence electrons. The number of nitrogen functional groups attached to an aromatic ring is 1. The van der Waals surface area contributed by atoms with Gasteiger partial charge in [0.15, 0.2) is 0 Å². The van der Waals surface area contributed by atoms with Crippen LogP contribution in [0, 0.1) is 0 Å². The van der Waals surface area contributed by atoms with Crippen LogP contribution < -0.4 is 5.73 Å². The Bertz CT molecular complexity index is 429. The summed E-state index contributed by atoms with van der Waals surface area (Å²) in [5.74, 6) is -6.15. The van der Waals surface area contributed by atoms with Gasteiger partial charge in [-0.3, -0.25) is 0 Å². The van der Waals surface area contributed by atoms with Crippen LogP contribution in [0.25, 0.3) is 0 Å². The number of rotatable bonds is 3. The topological polar surface area (TPSA) is 26.0 Å². The molecular formula is C9H6F7NS. The summed E-state index contributed by atoms with van der Waals surface area (Å²) >= 11 is -0.922. The first kappa shape index (κ1) is 14.9. The lowest BCUT2D eigenvalue weighted by molar-refractivity contribution is -0.330. The highest BCUT2D eigenvalue weighted by Crippen LogP contribution is 2.54. The highest BCUT2D eigenvalue weighted by molar-refractivity contribution is 8.00. The van der Waals surface area contributed by atoms with E-state index in [1.165, 1.54) is 12.1 Å². The number of nitrogens with two attached hydrogens (primary N) is 1. The zero-order valence-corrected chi connectivity index (χ0v) is 9.26. The number of anilines is 1. The van der Waals surface area contributed by atoms with Gasteiger partial charge in [-0.25, -0.2) is 0 Å². The van der Waals surface area contributed by atoms with Gasteiger partial charge >= 0.3 is 17.4 Å². The van der Waals surface area contributed by atoms with Crippen LogP contribution in [0.1, 0.15) is 0 Å². The lowest BCUT2D eigenvalue weighted by Crippen LogP contribution is -2.49. The molecule has 0 saturated heterocycles. The molecule has 1 aromatic carbocycles. The van der Waals surface area contributed by atoms with Gasteiger partial charge in [0, 0.05) is 10.6 Å². The minimum Gasteiger partial charge on any atom is -0.398 e. The molecule has 0 fully saturated rings. The molecule has 0 aliphatic rings. The molecule has 0 aliphatic heterocycles. The van der Waals surface area contributed by atoms with Crippen LogP contribution in [0.4, 0.5) is 36.4 Å². The molecule has 0 atom stereocenters. The van der Waals surface area contributed by atoms with Crippen LogP contribution in [0.2, 0.25) is 0 Å². The number of thioether (sulfide) groups is 1. The van der Waals surface area contributed by atoms with E-state index in [0.717, 1.165) is 12.1 Å². The molecule has 18 heavy (non-hydrogen) atoms. The number of benzene rings is 1. The van der Waals surface area contributed by atoms with Gasteiger partial charge < -0.3 is 5.73 Å². The van der Waals surface area contributed by atoms with Crippen LogP contribution in [0.5, 0.6) is 0 Å². The number of alkyl halides is 7. The van der Waals surface area contributed by atoms with Gasteiger partial charge in [0.1, 0.15) is 0 Å². The Labute approximate surface area is 101 Å². The Morgan fingerprint density at radius 3 is 1.83 bits per heavy atom. The molecule has 0 spiro atoms. The van der Waals surface area contributed by atoms with E-state index >= 15 is 0 Å². The molecule has 0 heterocycles. The maximum atomic E-state index is 13.0. The highest BCUT2D eigenvalue weighted by Gasteiger charge is 2.73. The Morgan fingerprint density at radius 2 is 1.39 bits per heavy atom. The zero-order chi connectivity index (χ0) is 14.2. The lowest BCUT2D eigenvalue weighted by Gasteiger charge is -2.27. The molecule has 0 bridgehead atoms. The van der Waals surface area contributed by atoms with Gasteiger partial charge in [0.25, 0.3) is 0 Å². The molecule has 9 heteroatoms. The summed E-state index contributed by atoms with van der Waals surface area (Å²) in [6.07, 6.45) is -6.34. The second-order valence-electron chi connectivity index (χ2n) is 3.23. The van der Waals surface area contributed by atoms with Crippen molar-refractivity contribution < 1.29 is 30.7 Å². The molecule has 2 N–H and O–H groups in total. The van der Waals surface area contributed by atoms with Crippen molar-refractivity contribution in [3.63, 3.8) is 0 Å². The number of para-hydroxylation sites is 1. The molecule has 0 unspecified atom stereocenters. The maximum Gasteiger partial charge on any atom is 0.460 e. The van der Waals surface area contributed by atoms with Gasteiger partial charge in [-0.15, -0.1) is 0 Å². The van der Waals surface area contributed by atoms with Crippen LogP contribution in [-0.2, 0) is 0 Å². The van der Waals surface area contributed by atoms with E-state index in [2.05, 4.69) is 0 Å². The number of hydrogen-bond acceptors (Lipinski definition) is 2. The average molecular weight is 293 g/mol. The fourth-order valence-electron chi connectivity index (χ4n) is 0.941. The van der Waals surface area contributed by atoms with E-state index in [0.29, 0.717) is 0 Å². The summed E-state index contributed by atoms with van der Waals surface area (Å²) < 4.78 is 86.8. The quantitative estimate of drug-likeness (QED) is 0.514. The summed E-state index contributed by atoms with van der Waals surface area (Å²) in [5, 5.41) is -5.35. The molecule has 1 nitrogen and oxygen atoms in total. The van der Waals surface area contributed by atoms with E-state index < -0.39 is 34.0 Å². The molecule has 0 saturated carbocycles. The Morgan fingerprint density at radius 1 is 0.889 bits per heavy atom. The predicted molar refractivity (Wildman–Crippen MR) is 52.7 cm³/mol. The van der Waals surface area contributed by atoms with Crippen LogP contribution >= 0.6 is 11.8 Å². The molecule has 0 aliphatic carbocycles. The van der Waals surface area contributed by atoms with Crippen LogP contribution in [0.3, 0.4) is 0 Å². The first-order valence-electron chi connectivity index (χ1n) is 4.35. The van der Waals surface area contributed by atoms with Gasteiger partial charge in [0.05, 0.1) is 0 Å². The van der Waals surface area contributed by atoms with Crippen molar-refractivity contribution in [2.45, 2.75) is 22.2 Å². The first-order valence-corrected chi connectivity index (χ1v) is 5.16. The molecule has 1 rings (SSSR count). The maximum absolute atomic E-state index is 13.0. The van der Waals surface area contributed by atoms with Crippen molar-refractivity contribution in [3.8, 4) is 0 Å². The third-order valence-corrected chi connectivity index (χ3v) is 2.98. The Balaban J connectivity index is 3.06. The van der Waals surface area contributed by atoms with Gasteiger partial charge in [-0.05, 0) is 23.9 Å². The lowest BCUT2D eigenvalue weighted by atomic mass is 10.3. The highest BCUT2D eigenvalue weighted by atomic mass is 32.2. The summed E-state index contributed by atoms with van der Waals surface area (Å²) in [7, 11) is 0. The average Bonchev–Trinajstić information content (AvgIpc) is 2.19. The van der Waals surface area contributed by atoms with Gasteiger partial charge in [-0.2, -0.15) is 30.7 Å². The molecule has 1 aromatic rings. The zero-order valence-electron chi connectivity index (χ0n) is 8.44. The van der Waals surface area contributed by atoms with Crippen molar-refractivity contribution in [2.24, 2.45) is 0 Å². The van der Waals surface area contributed by atoms with Gasteiger partial charge in [-0.1, -0.05) is 12.1 Å². The Kier molecular flexibility index (Phi) is 3.75. The van der Waals surface area contributed by atoms with Gasteiger partial charge in [0.2, 0.25) is 0 Å². The summed E-state index contributed by atoms with van der Waals surface area (Å²) in [5.41, 5.74) is 4.89. The minimum absolute atomic E-state index is 0.305. The standard InChI is InChI=1S/C9H6F7NS/c10-7(11,8(12,13)14)9(15,16)18-6-4-2-1-3-5(6)17/h1-4H,17H2. The van der Waals surface area contributed by atoms with Crippen molar-refractivity contribution in [3.05, 3.63) is 24.3 Å². The predicted octanol–water partition coefficient (Wildman–Crippen LogP) is 4.15. The van der Waals surface area contributed by atoms with Crippen molar-refractivity contribution in [1.29, 1.82) is 0 Å². The summed E-state index contributed by atoms with van der Waals surface area (Å²) in [6.45, 7) is 0. The molecule has 0 radical (unpaired) electrons. The fraction of sp³-hybridized carbons (Fsp3) is 0.333. The molecule has 0 aromatic heterocycles. The van der Waals surface area contributed by atoms with E-state index in [1.807, 2.05) is 0 Å². The SMILES string of the molecule is Nc1ccccc1SC(F)(F)C(F)(F)C(F)(F)F. The van der Waals surface area contributed by atoms with Crippen molar-refractivity contribution in [1.82, 2.24) is 0 Å². The first-order chi connectivity index (χ1) is 7.99. The van der Waals surface area contributed by atoms with Crippen molar-refractivity contribution in [2.75, 3.05) is 5.73 Å². The normalized spacial score (nSPS) is 13.7. The summed E-state index contributed by atoms with van der Waals surface area (Å²) in [4.78, 5) is -0.550. The van der Waals surface area contributed by atoms with Crippen LogP contribution in [-0.4, -0.2) is 17.4 Å². The minimum atomic E-state index is -6.34. The molecular weight excluding hydrogens is 287 g/mol. The van der Waals surface area contributed by atoms with E-state index in [9.17, 15) is 30.7 Å². The Hall–Kier alpha value is -1.12. The van der Waals surface area contributed by atoms with E-state index in [4.69, 9.17) is 5.73 Å². The number of hydrogen-bond donors (Lipinski definition) is 1. The monoisotopic (exact) mass is 293 g/mol.